The summed E-state index contributed by atoms with van der Waals surface area (Å²) in [6.07, 6.45) is 7.40. The predicted molar refractivity (Wildman–Crippen MR) is 96.0 cm³/mol. The lowest BCUT2D eigenvalue weighted by Gasteiger charge is -2.20. The fourth-order valence-corrected chi connectivity index (χ4v) is 3.81. The van der Waals surface area contributed by atoms with Crippen LogP contribution in [-0.4, -0.2) is 44.9 Å². The van der Waals surface area contributed by atoms with E-state index >= 15 is 0 Å². The highest BCUT2D eigenvalue weighted by Crippen LogP contribution is 2.31. The van der Waals surface area contributed by atoms with Gasteiger partial charge in [-0.05, 0) is 50.7 Å². The van der Waals surface area contributed by atoms with Crippen molar-refractivity contribution in [2.75, 3.05) is 13.2 Å². The van der Waals surface area contributed by atoms with Gasteiger partial charge < -0.3 is 10.0 Å². The predicted octanol–water partition coefficient (Wildman–Crippen LogP) is 2.74. The Labute approximate surface area is 148 Å². The van der Waals surface area contributed by atoms with Gasteiger partial charge in [0.1, 0.15) is 0 Å². The fraction of sp³-hybridized carbons (Fsp3) is 0.500. The van der Waals surface area contributed by atoms with E-state index in [2.05, 4.69) is 0 Å². The van der Waals surface area contributed by atoms with Crippen molar-refractivity contribution in [2.24, 2.45) is 0 Å². The minimum absolute atomic E-state index is 0.00379. The number of aliphatic hydroxyl groups excluding tert-OH is 1. The molecular weight excluding hydrogens is 314 g/mol. The maximum Gasteiger partial charge on any atom is 0.274 e. The summed E-state index contributed by atoms with van der Waals surface area (Å²) in [4.78, 5) is 15.0. The van der Waals surface area contributed by atoms with Crippen molar-refractivity contribution in [3.05, 3.63) is 47.3 Å². The number of rotatable bonds is 5. The molecule has 2 aliphatic rings. The average molecular weight is 339 g/mol. The molecule has 0 aliphatic heterocycles. The highest BCUT2D eigenvalue weighted by Gasteiger charge is 2.35. The van der Waals surface area contributed by atoms with Crippen LogP contribution in [0.3, 0.4) is 0 Å². The number of hydrogen-bond donors (Lipinski definition) is 1. The molecule has 5 nitrogen and oxygen atoms in total. The molecule has 0 saturated heterocycles. The van der Waals surface area contributed by atoms with E-state index in [0.29, 0.717) is 12.2 Å². The quantitative estimate of drug-likeness (QED) is 0.852. The van der Waals surface area contributed by atoms with E-state index in [9.17, 15) is 9.90 Å². The topological polar surface area (TPSA) is 58.4 Å². The van der Waals surface area contributed by atoms with Crippen LogP contribution in [0.4, 0.5) is 0 Å². The SMILES string of the molecule is O=C(c1nn(-c2ccccc2)c2c1CCCCC2)N(CCO)C1CC1. The number of carbonyl (C=O) groups is 1. The molecule has 25 heavy (non-hydrogen) atoms. The van der Waals surface area contributed by atoms with E-state index in [1.807, 2.05) is 39.9 Å². The van der Waals surface area contributed by atoms with Crippen LogP contribution in [0, 0.1) is 0 Å². The molecule has 4 rings (SSSR count). The zero-order chi connectivity index (χ0) is 17.2. The first-order valence-electron chi connectivity index (χ1n) is 9.37. The molecule has 1 heterocycles. The van der Waals surface area contributed by atoms with Crippen LogP contribution in [0.2, 0.25) is 0 Å². The summed E-state index contributed by atoms with van der Waals surface area (Å²) in [5.41, 5.74) is 3.92. The number of aromatic nitrogens is 2. The van der Waals surface area contributed by atoms with Gasteiger partial charge in [-0.3, -0.25) is 4.79 Å². The van der Waals surface area contributed by atoms with Gasteiger partial charge in [0.2, 0.25) is 0 Å². The molecule has 1 aromatic heterocycles. The summed E-state index contributed by atoms with van der Waals surface area (Å²) in [6, 6.07) is 10.4. The van der Waals surface area contributed by atoms with Crippen LogP contribution in [0.5, 0.6) is 0 Å². The second kappa shape index (κ2) is 7.00. The molecule has 0 radical (unpaired) electrons. The van der Waals surface area contributed by atoms with Crippen LogP contribution < -0.4 is 0 Å². The van der Waals surface area contributed by atoms with Crippen molar-refractivity contribution < 1.29 is 9.90 Å². The highest BCUT2D eigenvalue weighted by atomic mass is 16.3. The smallest absolute Gasteiger partial charge is 0.274 e. The number of para-hydroxylation sites is 1. The van der Waals surface area contributed by atoms with Gasteiger partial charge >= 0.3 is 0 Å². The fourth-order valence-electron chi connectivity index (χ4n) is 3.81. The molecular formula is C20H25N3O2. The van der Waals surface area contributed by atoms with E-state index in [1.165, 1.54) is 12.1 Å². The van der Waals surface area contributed by atoms with E-state index in [0.717, 1.165) is 49.8 Å². The zero-order valence-corrected chi connectivity index (χ0v) is 14.5. The third-order valence-corrected chi connectivity index (χ3v) is 5.22. The molecule has 1 aromatic carbocycles. The Balaban J connectivity index is 1.77. The Morgan fingerprint density at radius 2 is 1.92 bits per heavy atom. The zero-order valence-electron chi connectivity index (χ0n) is 14.5. The number of aliphatic hydroxyl groups is 1. The molecule has 2 aromatic rings. The van der Waals surface area contributed by atoms with Crippen LogP contribution >= 0.6 is 0 Å². The second-order valence-electron chi connectivity index (χ2n) is 7.04. The molecule has 1 fully saturated rings. The first-order chi connectivity index (χ1) is 12.3. The lowest BCUT2D eigenvalue weighted by atomic mass is 10.1. The second-order valence-corrected chi connectivity index (χ2v) is 7.04. The Hall–Kier alpha value is -2.14. The Morgan fingerprint density at radius 1 is 1.16 bits per heavy atom. The first-order valence-corrected chi connectivity index (χ1v) is 9.37. The van der Waals surface area contributed by atoms with Crippen molar-refractivity contribution in [2.45, 2.75) is 51.0 Å². The standard InChI is InChI=1S/C20H25N3O2/c24-14-13-22(15-11-12-15)20(25)19-17-9-5-2-6-10-18(17)23(21-19)16-7-3-1-4-8-16/h1,3-4,7-8,15,24H,2,5-6,9-14H2. The lowest BCUT2D eigenvalue weighted by molar-refractivity contribution is 0.0700. The van der Waals surface area contributed by atoms with Gasteiger partial charge in [-0.15, -0.1) is 0 Å². The number of nitrogens with zero attached hydrogens (tertiary/aromatic N) is 3. The Kier molecular flexibility index (Phi) is 4.57. The van der Waals surface area contributed by atoms with Crippen LogP contribution in [0.25, 0.3) is 5.69 Å². The third kappa shape index (κ3) is 3.21. The van der Waals surface area contributed by atoms with Crippen molar-refractivity contribution >= 4 is 5.91 Å². The number of benzene rings is 1. The van der Waals surface area contributed by atoms with Gasteiger partial charge in [-0.1, -0.05) is 24.6 Å². The van der Waals surface area contributed by atoms with Gasteiger partial charge in [0.15, 0.2) is 5.69 Å². The van der Waals surface area contributed by atoms with Crippen LogP contribution in [0.1, 0.15) is 53.8 Å². The Bertz CT molecular complexity index is 750. The summed E-state index contributed by atoms with van der Waals surface area (Å²) >= 11 is 0. The van der Waals surface area contributed by atoms with E-state index in [-0.39, 0.29) is 18.6 Å². The van der Waals surface area contributed by atoms with Gasteiger partial charge in [0, 0.05) is 23.8 Å². The molecule has 0 unspecified atom stereocenters. The summed E-state index contributed by atoms with van der Waals surface area (Å²) < 4.78 is 1.97. The lowest BCUT2D eigenvalue weighted by Crippen LogP contribution is -2.36. The third-order valence-electron chi connectivity index (χ3n) is 5.22. The molecule has 5 heteroatoms. The van der Waals surface area contributed by atoms with Gasteiger partial charge in [-0.25, -0.2) is 4.68 Å². The van der Waals surface area contributed by atoms with Crippen molar-refractivity contribution in [1.29, 1.82) is 0 Å². The molecule has 0 atom stereocenters. The molecule has 1 saturated carbocycles. The average Bonchev–Trinajstić information content (AvgIpc) is 3.45. The summed E-state index contributed by atoms with van der Waals surface area (Å²) in [5.74, 6) is -0.00983. The first kappa shape index (κ1) is 16.3. The summed E-state index contributed by atoms with van der Waals surface area (Å²) in [7, 11) is 0. The number of carbonyl (C=O) groups excluding carboxylic acids is 1. The Morgan fingerprint density at radius 3 is 2.64 bits per heavy atom. The van der Waals surface area contributed by atoms with E-state index in [1.54, 1.807) is 0 Å². The molecule has 132 valence electrons. The molecule has 0 bridgehead atoms. The maximum absolute atomic E-state index is 13.2. The van der Waals surface area contributed by atoms with Crippen molar-refractivity contribution in [1.82, 2.24) is 14.7 Å². The molecule has 1 amide bonds. The van der Waals surface area contributed by atoms with Crippen molar-refractivity contribution in [3.63, 3.8) is 0 Å². The maximum atomic E-state index is 13.2. The van der Waals surface area contributed by atoms with Gasteiger partial charge in [0.05, 0.1) is 12.3 Å². The normalized spacial score (nSPS) is 17.0. The van der Waals surface area contributed by atoms with Crippen molar-refractivity contribution in [3.8, 4) is 5.69 Å². The molecule has 1 N–H and O–H groups in total. The largest absolute Gasteiger partial charge is 0.395 e. The molecule has 0 spiro atoms. The number of fused-ring (bicyclic) bond motifs is 1. The van der Waals surface area contributed by atoms with Crippen LogP contribution in [0.15, 0.2) is 30.3 Å². The minimum Gasteiger partial charge on any atom is -0.395 e. The van der Waals surface area contributed by atoms with Crippen LogP contribution in [-0.2, 0) is 12.8 Å². The summed E-state index contributed by atoms with van der Waals surface area (Å²) in [5, 5.41) is 14.1. The van der Waals surface area contributed by atoms with Gasteiger partial charge in [0.25, 0.3) is 5.91 Å². The monoisotopic (exact) mass is 339 g/mol. The molecule has 2 aliphatic carbocycles. The number of hydrogen-bond acceptors (Lipinski definition) is 3. The van der Waals surface area contributed by atoms with E-state index < -0.39 is 0 Å². The van der Waals surface area contributed by atoms with Gasteiger partial charge in [-0.2, -0.15) is 5.10 Å². The summed E-state index contributed by atoms with van der Waals surface area (Å²) in [6.45, 7) is 0.403. The number of amides is 1. The highest BCUT2D eigenvalue weighted by molar-refractivity contribution is 5.94. The minimum atomic E-state index is -0.00983. The van der Waals surface area contributed by atoms with E-state index in [4.69, 9.17) is 5.10 Å².